The minimum atomic E-state index is -0.757. The molecule has 0 saturated carbocycles. The molecule has 1 aliphatic rings. The molecule has 8 heteroatoms. The van der Waals surface area contributed by atoms with Gasteiger partial charge in [0.25, 0.3) is 0 Å². The second kappa shape index (κ2) is 11.0. The van der Waals surface area contributed by atoms with Crippen LogP contribution in [0.2, 0.25) is 0 Å². The Morgan fingerprint density at radius 1 is 0.917 bits per heavy atom. The van der Waals surface area contributed by atoms with Crippen molar-refractivity contribution in [2.45, 2.75) is 25.4 Å². The Morgan fingerprint density at radius 3 is 2.33 bits per heavy atom. The van der Waals surface area contributed by atoms with Crippen LogP contribution >= 0.6 is 0 Å². The van der Waals surface area contributed by atoms with Crippen LogP contribution in [0.1, 0.15) is 29.7 Å². The fraction of sp³-hybridized carbons (Fsp3) is 0.286. The Morgan fingerprint density at radius 2 is 1.64 bits per heavy atom. The lowest BCUT2D eigenvalue weighted by Gasteiger charge is -2.38. The molecule has 0 fully saturated rings. The maximum Gasteiger partial charge on any atom is 0.318 e. The number of hydrogen-bond acceptors (Lipinski definition) is 5. The van der Waals surface area contributed by atoms with Gasteiger partial charge >= 0.3 is 6.03 Å². The zero-order valence-corrected chi connectivity index (χ0v) is 20.9. The Bertz CT molecular complexity index is 1230. The second-order valence-corrected chi connectivity index (χ2v) is 8.56. The van der Waals surface area contributed by atoms with E-state index in [1.807, 2.05) is 42.5 Å². The molecule has 0 aromatic heterocycles. The summed E-state index contributed by atoms with van der Waals surface area (Å²) in [5, 5.41) is 5.70. The molecule has 0 aliphatic carbocycles. The van der Waals surface area contributed by atoms with Gasteiger partial charge in [-0.15, -0.1) is 0 Å². The first-order valence-electron chi connectivity index (χ1n) is 11.8. The number of fused-ring (bicyclic) bond motifs is 1. The average molecular weight is 490 g/mol. The van der Waals surface area contributed by atoms with E-state index in [-0.39, 0.29) is 18.0 Å². The molecule has 8 nitrogen and oxygen atoms in total. The van der Waals surface area contributed by atoms with Crippen molar-refractivity contribution in [3.8, 4) is 17.2 Å². The van der Waals surface area contributed by atoms with E-state index < -0.39 is 6.04 Å². The van der Waals surface area contributed by atoms with Gasteiger partial charge < -0.3 is 29.7 Å². The molecule has 0 radical (unpaired) electrons. The number of hydrogen-bond donors (Lipinski definition) is 2. The minimum Gasteiger partial charge on any atom is -0.497 e. The monoisotopic (exact) mass is 489 g/mol. The third-order valence-corrected chi connectivity index (χ3v) is 6.32. The van der Waals surface area contributed by atoms with Crippen LogP contribution in [0.25, 0.3) is 0 Å². The van der Waals surface area contributed by atoms with Crippen molar-refractivity contribution in [2.24, 2.45) is 0 Å². The largest absolute Gasteiger partial charge is 0.497 e. The van der Waals surface area contributed by atoms with E-state index in [1.165, 1.54) is 0 Å². The van der Waals surface area contributed by atoms with Crippen LogP contribution in [0, 0.1) is 0 Å². The summed E-state index contributed by atoms with van der Waals surface area (Å²) in [5.74, 6) is 1.57. The fourth-order valence-corrected chi connectivity index (χ4v) is 4.44. The molecule has 3 aromatic rings. The van der Waals surface area contributed by atoms with E-state index in [2.05, 4.69) is 10.6 Å². The molecule has 2 unspecified atom stereocenters. The lowest BCUT2D eigenvalue weighted by atomic mass is 9.88. The highest BCUT2D eigenvalue weighted by Crippen LogP contribution is 2.41. The van der Waals surface area contributed by atoms with E-state index >= 15 is 0 Å². The van der Waals surface area contributed by atoms with Crippen LogP contribution in [0.4, 0.5) is 10.5 Å². The highest BCUT2D eigenvalue weighted by molar-refractivity contribution is 5.97. The van der Waals surface area contributed by atoms with E-state index in [4.69, 9.17) is 14.2 Å². The summed E-state index contributed by atoms with van der Waals surface area (Å²) < 4.78 is 16.2. The van der Waals surface area contributed by atoms with Crippen molar-refractivity contribution < 1.29 is 23.8 Å². The number of urea groups is 1. The maximum absolute atomic E-state index is 13.5. The first kappa shape index (κ1) is 24.9. The zero-order chi connectivity index (χ0) is 25.7. The molecule has 188 valence electrons. The number of nitrogens with one attached hydrogen (secondary N) is 2. The predicted octanol–water partition coefficient (Wildman–Crippen LogP) is 4.40. The molecule has 0 saturated heterocycles. The smallest absolute Gasteiger partial charge is 0.318 e. The summed E-state index contributed by atoms with van der Waals surface area (Å²) >= 11 is 0. The summed E-state index contributed by atoms with van der Waals surface area (Å²) in [6.45, 7) is 2.15. The lowest BCUT2D eigenvalue weighted by Crippen LogP contribution is -2.51. The Hall–Kier alpha value is -4.20. The first-order valence-corrected chi connectivity index (χ1v) is 11.8. The maximum atomic E-state index is 13.5. The van der Waals surface area contributed by atoms with Gasteiger partial charge in [-0.05, 0) is 54.3 Å². The van der Waals surface area contributed by atoms with Crippen molar-refractivity contribution in [2.75, 3.05) is 33.2 Å². The zero-order valence-electron chi connectivity index (χ0n) is 20.9. The van der Waals surface area contributed by atoms with Crippen molar-refractivity contribution in [1.82, 2.24) is 10.2 Å². The third-order valence-electron chi connectivity index (χ3n) is 6.32. The summed E-state index contributed by atoms with van der Waals surface area (Å²) in [6, 6.07) is 19.4. The number of carbonyl (C=O) groups is 2. The molecular formula is C28H31N3O5. The number of anilines is 1. The van der Waals surface area contributed by atoms with Gasteiger partial charge in [0.15, 0.2) is 11.5 Å². The first-order chi connectivity index (χ1) is 17.4. The normalized spacial score (nSPS) is 15.3. The fourth-order valence-electron chi connectivity index (χ4n) is 4.44. The number of carbonyl (C=O) groups excluding carboxylic acids is 2. The summed E-state index contributed by atoms with van der Waals surface area (Å²) in [5.41, 5.74) is 3.62. The molecule has 4 rings (SSSR count). The third kappa shape index (κ3) is 5.22. The predicted molar refractivity (Wildman–Crippen MR) is 138 cm³/mol. The molecule has 3 amide bonds. The quantitative estimate of drug-likeness (QED) is 0.514. The van der Waals surface area contributed by atoms with Gasteiger partial charge in [0, 0.05) is 18.3 Å². The van der Waals surface area contributed by atoms with Crippen LogP contribution in [-0.2, 0) is 11.2 Å². The molecule has 0 bridgehead atoms. The second-order valence-electron chi connectivity index (χ2n) is 8.56. The van der Waals surface area contributed by atoms with E-state index in [1.54, 1.807) is 57.4 Å². The van der Waals surface area contributed by atoms with Crippen molar-refractivity contribution in [1.29, 1.82) is 0 Å². The molecule has 0 spiro atoms. The minimum absolute atomic E-state index is 0.322. The summed E-state index contributed by atoms with van der Waals surface area (Å²) in [6.07, 6.45) is 0.650. The van der Waals surface area contributed by atoms with Gasteiger partial charge in [0.1, 0.15) is 11.8 Å². The van der Waals surface area contributed by atoms with E-state index in [0.29, 0.717) is 35.9 Å². The van der Waals surface area contributed by atoms with Gasteiger partial charge in [-0.3, -0.25) is 4.79 Å². The SMILES string of the molecule is COc1cccc(NC(=O)C(C)NC(=O)N2CCc3cc(OC)c(OC)cc3C2c2ccccc2)c1. The van der Waals surface area contributed by atoms with Gasteiger partial charge in [-0.2, -0.15) is 0 Å². The van der Waals surface area contributed by atoms with Crippen LogP contribution in [-0.4, -0.2) is 50.8 Å². The Labute approximate surface area is 211 Å². The van der Waals surface area contributed by atoms with E-state index in [0.717, 1.165) is 16.7 Å². The van der Waals surface area contributed by atoms with Crippen molar-refractivity contribution >= 4 is 17.6 Å². The number of benzene rings is 3. The highest BCUT2D eigenvalue weighted by atomic mass is 16.5. The lowest BCUT2D eigenvalue weighted by molar-refractivity contribution is -0.117. The van der Waals surface area contributed by atoms with Crippen LogP contribution in [0.5, 0.6) is 17.2 Å². The Kier molecular flexibility index (Phi) is 7.63. The number of ether oxygens (including phenoxy) is 3. The topological polar surface area (TPSA) is 89.1 Å². The molecule has 1 heterocycles. The molecule has 3 aromatic carbocycles. The number of rotatable bonds is 7. The Balaban J connectivity index is 1.57. The van der Waals surface area contributed by atoms with Gasteiger partial charge in [-0.25, -0.2) is 4.79 Å². The van der Waals surface area contributed by atoms with Crippen LogP contribution in [0.15, 0.2) is 66.7 Å². The van der Waals surface area contributed by atoms with E-state index in [9.17, 15) is 9.59 Å². The summed E-state index contributed by atoms with van der Waals surface area (Å²) in [7, 11) is 4.77. The number of nitrogens with zero attached hydrogens (tertiary/aromatic N) is 1. The molecular weight excluding hydrogens is 458 g/mol. The standard InChI is InChI=1S/C28H31N3O5/c1-18(27(32)30-21-11-8-12-22(16-21)34-2)29-28(33)31-14-13-20-15-24(35-3)25(36-4)17-23(20)26(31)19-9-6-5-7-10-19/h5-12,15-18,26H,13-14H2,1-4H3,(H,29,33)(H,30,32). The molecule has 1 aliphatic heterocycles. The molecule has 36 heavy (non-hydrogen) atoms. The highest BCUT2D eigenvalue weighted by Gasteiger charge is 2.34. The molecule has 2 N–H and O–H groups in total. The van der Waals surface area contributed by atoms with Gasteiger partial charge in [0.2, 0.25) is 5.91 Å². The average Bonchev–Trinajstić information content (AvgIpc) is 2.91. The number of methoxy groups -OCH3 is 3. The summed E-state index contributed by atoms with van der Waals surface area (Å²) in [4.78, 5) is 28.1. The number of amides is 3. The molecule has 2 atom stereocenters. The van der Waals surface area contributed by atoms with Gasteiger partial charge in [-0.1, -0.05) is 36.4 Å². The van der Waals surface area contributed by atoms with Gasteiger partial charge in [0.05, 0.1) is 27.4 Å². The van der Waals surface area contributed by atoms with Crippen molar-refractivity contribution in [3.63, 3.8) is 0 Å². The van der Waals surface area contributed by atoms with Crippen LogP contribution < -0.4 is 24.8 Å². The van der Waals surface area contributed by atoms with Crippen molar-refractivity contribution in [3.05, 3.63) is 83.4 Å². The van der Waals surface area contributed by atoms with Crippen LogP contribution in [0.3, 0.4) is 0 Å².